The van der Waals surface area contributed by atoms with Crippen LogP contribution in [-0.2, 0) is 11.3 Å². The molecule has 0 unspecified atom stereocenters. The summed E-state index contributed by atoms with van der Waals surface area (Å²) in [5, 5.41) is 3.03. The maximum absolute atomic E-state index is 13.3. The van der Waals surface area contributed by atoms with Crippen molar-refractivity contribution in [2.24, 2.45) is 0 Å². The van der Waals surface area contributed by atoms with E-state index in [9.17, 15) is 9.18 Å². The highest BCUT2D eigenvalue weighted by Crippen LogP contribution is 2.22. The number of rotatable bonds is 5. The molecule has 3 aromatic rings. The molecule has 0 saturated carbocycles. The standard InChI is InChI=1S/C23H25FN4O2/c1-16-14-21(17(2)28(16)20-7-5-19(24)6-8-20)23(29)26-15-18-4-3-9-25-22(18)27-10-12-30-13-11-27/h3-9,14H,10-13,15H2,1-2H3,(H,26,29). The maximum atomic E-state index is 13.3. The van der Waals surface area contributed by atoms with Crippen LogP contribution in [0, 0.1) is 19.7 Å². The first-order chi connectivity index (χ1) is 14.5. The molecule has 3 heterocycles. The van der Waals surface area contributed by atoms with Crippen molar-refractivity contribution in [2.75, 3.05) is 31.2 Å². The Kier molecular flexibility index (Phi) is 5.81. The van der Waals surface area contributed by atoms with E-state index in [-0.39, 0.29) is 11.7 Å². The number of nitrogens with zero attached hydrogens (tertiary/aromatic N) is 3. The Hall–Kier alpha value is -3.19. The molecule has 1 fully saturated rings. The summed E-state index contributed by atoms with van der Waals surface area (Å²) in [5.41, 5.74) is 4.14. The average molecular weight is 408 g/mol. The molecule has 1 aliphatic heterocycles. The van der Waals surface area contributed by atoms with Crippen LogP contribution in [0.15, 0.2) is 48.7 Å². The van der Waals surface area contributed by atoms with Crippen LogP contribution in [0.3, 0.4) is 0 Å². The predicted octanol–water partition coefficient (Wildman–Crippen LogP) is 3.39. The maximum Gasteiger partial charge on any atom is 0.253 e. The van der Waals surface area contributed by atoms with Gasteiger partial charge < -0.3 is 19.5 Å². The normalized spacial score (nSPS) is 14.0. The smallest absolute Gasteiger partial charge is 0.253 e. The van der Waals surface area contributed by atoms with Gasteiger partial charge in [-0.2, -0.15) is 0 Å². The number of anilines is 1. The molecule has 6 nitrogen and oxygen atoms in total. The number of aryl methyl sites for hydroxylation is 1. The summed E-state index contributed by atoms with van der Waals surface area (Å²) in [5.74, 6) is 0.456. The number of halogens is 1. The third kappa shape index (κ3) is 4.07. The van der Waals surface area contributed by atoms with Crippen molar-refractivity contribution in [3.8, 4) is 5.69 Å². The molecule has 7 heteroatoms. The first-order valence-electron chi connectivity index (χ1n) is 10.0. The summed E-state index contributed by atoms with van der Waals surface area (Å²) < 4.78 is 20.7. The molecular formula is C23H25FN4O2. The van der Waals surface area contributed by atoms with E-state index in [0.717, 1.165) is 41.5 Å². The Balaban J connectivity index is 1.52. The monoisotopic (exact) mass is 408 g/mol. The van der Waals surface area contributed by atoms with Crippen LogP contribution >= 0.6 is 0 Å². The topological polar surface area (TPSA) is 59.4 Å². The zero-order valence-electron chi connectivity index (χ0n) is 17.2. The quantitative estimate of drug-likeness (QED) is 0.703. The molecule has 1 aromatic carbocycles. The second kappa shape index (κ2) is 8.67. The lowest BCUT2D eigenvalue weighted by Gasteiger charge is -2.29. The number of benzene rings is 1. The van der Waals surface area contributed by atoms with E-state index < -0.39 is 0 Å². The van der Waals surface area contributed by atoms with E-state index in [2.05, 4.69) is 15.2 Å². The van der Waals surface area contributed by atoms with Gasteiger partial charge in [0.2, 0.25) is 0 Å². The molecule has 1 saturated heterocycles. The molecule has 1 amide bonds. The molecule has 1 aliphatic rings. The number of carbonyl (C=O) groups is 1. The van der Waals surface area contributed by atoms with E-state index in [0.29, 0.717) is 25.3 Å². The zero-order chi connectivity index (χ0) is 21.1. The molecule has 156 valence electrons. The first kappa shape index (κ1) is 20.1. The highest BCUT2D eigenvalue weighted by molar-refractivity contribution is 5.96. The first-order valence-corrected chi connectivity index (χ1v) is 10.0. The van der Waals surface area contributed by atoms with E-state index in [1.54, 1.807) is 18.3 Å². The molecule has 1 N–H and O–H groups in total. The molecule has 2 aromatic heterocycles. The Bertz CT molecular complexity index is 1040. The van der Waals surface area contributed by atoms with Gasteiger partial charge in [-0.05, 0) is 50.2 Å². The SMILES string of the molecule is Cc1cc(C(=O)NCc2cccnc2N2CCOCC2)c(C)n1-c1ccc(F)cc1. The van der Waals surface area contributed by atoms with Gasteiger partial charge in [-0.3, -0.25) is 4.79 Å². The molecule has 4 rings (SSSR count). The second-order valence-corrected chi connectivity index (χ2v) is 7.36. The summed E-state index contributed by atoms with van der Waals surface area (Å²) in [6, 6.07) is 12.0. The van der Waals surface area contributed by atoms with Crippen LogP contribution in [0.2, 0.25) is 0 Å². The van der Waals surface area contributed by atoms with Crippen LogP contribution in [0.5, 0.6) is 0 Å². The number of hydrogen-bond donors (Lipinski definition) is 1. The largest absolute Gasteiger partial charge is 0.378 e. The fraction of sp³-hybridized carbons (Fsp3) is 0.304. The van der Waals surface area contributed by atoms with Gasteiger partial charge in [-0.1, -0.05) is 6.07 Å². The van der Waals surface area contributed by atoms with Crippen LogP contribution in [0.1, 0.15) is 27.3 Å². The van der Waals surface area contributed by atoms with Crippen molar-refractivity contribution >= 4 is 11.7 Å². The van der Waals surface area contributed by atoms with E-state index >= 15 is 0 Å². The van der Waals surface area contributed by atoms with Crippen LogP contribution in [0.4, 0.5) is 10.2 Å². The molecule has 0 atom stereocenters. The molecule has 0 spiro atoms. The van der Waals surface area contributed by atoms with Crippen molar-refractivity contribution < 1.29 is 13.9 Å². The predicted molar refractivity (Wildman–Crippen MR) is 114 cm³/mol. The molecule has 0 bridgehead atoms. The van der Waals surface area contributed by atoms with Gasteiger partial charge in [0.05, 0.1) is 18.8 Å². The molecular weight excluding hydrogens is 383 g/mol. The molecule has 0 aliphatic carbocycles. The van der Waals surface area contributed by atoms with Crippen molar-refractivity contribution in [2.45, 2.75) is 20.4 Å². The fourth-order valence-corrected chi connectivity index (χ4v) is 3.88. The van der Waals surface area contributed by atoms with Crippen molar-refractivity contribution in [3.05, 3.63) is 77.0 Å². The van der Waals surface area contributed by atoms with E-state index in [4.69, 9.17) is 4.74 Å². The van der Waals surface area contributed by atoms with Crippen molar-refractivity contribution in [1.29, 1.82) is 0 Å². The Morgan fingerprint density at radius 2 is 1.90 bits per heavy atom. The summed E-state index contributed by atoms with van der Waals surface area (Å²) >= 11 is 0. The number of aromatic nitrogens is 2. The highest BCUT2D eigenvalue weighted by atomic mass is 19.1. The number of nitrogens with one attached hydrogen (secondary N) is 1. The van der Waals surface area contributed by atoms with Gasteiger partial charge >= 0.3 is 0 Å². The number of hydrogen-bond acceptors (Lipinski definition) is 4. The van der Waals surface area contributed by atoms with Crippen LogP contribution < -0.4 is 10.2 Å². The average Bonchev–Trinajstić information content (AvgIpc) is 3.07. The van der Waals surface area contributed by atoms with Gasteiger partial charge in [0.25, 0.3) is 5.91 Å². The summed E-state index contributed by atoms with van der Waals surface area (Å²) in [6.07, 6.45) is 1.77. The lowest BCUT2D eigenvalue weighted by Crippen LogP contribution is -2.37. The van der Waals surface area contributed by atoms with E-state index in [1.165, 1.54) is 12.1 Å². The van der Waals surface area contributed by atoms with E-state index in [1.807, 2.05) is 36.6 Å². The third-order valence-corrected chi connectivity index (χ3v) is 5.38. The Morgan fingerprint density at radius 3 is 2.63 bits per heavy atom. The number of amides is 1. The minimum absolute atomic E-state index is 0.145. The third-order valence-electron chi connectivity index (χ3n) is 5.38. The van der Waals surface area contributed by atoms with Gasteiger partial charge in [0.1, 0.15) is 11.6 Å². The number of morpholine rings is 1. The van der Waals surface area contributed by atoms with Crippen molar-refractivity contribution in [3.63, 3.8) is 0 Å². The summed E-state index contributed by atoms with van der Waals surface area (Å²) in [4.78, 5) is 19.6. The Labute approximate surface area is 175 Å². The lowest BCUT2D eigenvalue weighted by molar-refractivity contribution is 0.0950. The fourth-order valence-electron chi connectivity index (χ4n) is 3.88. The molecule has 30 heavy (non-hydrogen) atoms. The van der Waals surface area contributed by atoms with Gasteiger partial charge in [-0.25, -0.2) is 9.37 Å². The van der Waals surface area contributed by atoms with Gasteiger partial charge in [0, 0.05) is 48.5 Å². The van der Waals surface area contributed by atoms with Crippen LogP contribution in [-0.4, -0.2) is 41.8 Å². The number of pyridine rings is 1. The highest BCUT2D eigenvalue weighted by Gasteiger charge is 2.19. The number of ether oxygens (including phenoxy) is 1. The van der Waals surface area contributed by atoms with Gasteiger partial charge in [-0.15, -0.1) is 0 Å². The van der Waals surface area contributed by atoms with Crippen LogP contribution in [0.25, 0.3) is 5.69 Å². The molecule has 0 radical (unpaired) electrons. The van der Waals surface area contributed by atoms with Gasteiger partial charge in [0.15, 0.2) is 0 Å². The minimum Gasteiger partial charge on any atom is -0.378 e. The second-order valence-electron chi connectivity index (χ2n) is 7.36. The minimum atomic E-state index is -0.285. The van der Waals surface area contributed by atoms with Crippen molar-refractivity contribution in [1.82, 2.24) is 14.9 Å². The zero-order valence-corrected chi connectivity index (χ0v) is 17.2. The lowest BCUT2D eigenvalue weighted by atomic mass is 10.2. The summed E-state index contributed by atoms with van der Waals surface area (Å²) in [7, 11) is 0. The summed E-state index contributed by atoms with van der Waals surface area (Å²) in [6.45, 7) is 7.15. The number of carbonyl (C=O) groups excluding carboxylic acids is 1. The Morgan fingerprint density at radius 1 is 1.17 bits per heavy atom.